The van der Waals surface area contributed by atoms with E-state index in [2.05, 4.69) is 12.2 Å². The molecule has 1 unspecified atom stereocenters. The standard InChI is InChI=1S/C15H18N2O2/c1-10-7-12(8-10)17-9-13(18)16-14(15(17)19)11-5-3-2-4-6-11/h2-6,10,12,14H,7-9H2,1H3,(H,16,18). The maximum Gasteiger partial charge on any atom is 0.250 e. The molecule has 2 fully saturated rings. The van der Waals surface area contributed by atoms with E-state index < -0.39 is 6.04 Å². The van der Waals surface area contributed by atoms with Crippen LogP contribution < -0.4 is 5.32 Å². The minimum absolute atomic E-state index is 0.0303. The van der Waals surface area contributed by atoms with Crippen LogP contribution in [0.3, 0.4) is 0 Å². The molecule has 4 nitrogen and oxygen atoms in total. The third kappa shape index (κ3) is 2.23. The van der Waals surface area contributed by atoms with Gasteiger partial charge in [0.15, 0.2) is 0 Å². The monoisotopic (exact) mass is 258 g/mol. The van der Waals surface area contributed by atoms with Gasteiger partial charge in [0.1, 0.15) is 6.04 Å². The van der Waals surface area contributed by atoms with Gasteiger partial charge in [-0.1, -0.05) is 37.3 Å². The van der Waals surface area contributed by atoms with Crippen molar-refractivity contribution in [2.45, 2.75) is 31.8 Å². The molecule has 100 valence electrons. The molecule has 4 heteroatoms. The van der Waals surface area contributed by atoms with Gasteiger partial charge in [0.2, 0.25) is 5.91 Å². The number of amides is 2. The van der Waals surface area contributed by atoms with Crippen LogP contribution in [0, 0.1) is 5.92 Å². The van der Waals surface area contributed by atoms with Gasteiger partial charge in [-0.15, -0.1) is 0 Å². The highest BCUT2D eigenvalue weighted by atomic mass is 16.2. The summed E-state index contributed by atoms with van der Waals surface area (Å²) < 4.78 is 0. The zero-order chi connectivity index (χ0) is 13.4. The van der Waals surface area contributed by atoms with Gasteiger partial charge in [0.05, 0.1) is 6.54 Å². The SMILES string of the molecule is CC1CC(N2CC(=O)NC(c3ccccc3)C2=O)C1. The molecule has 0 aromatic heterocycles. The van der Waals surface area contributed by atoms with Crippen LogP contribution in [0.25, 0.3) is 0 Å². The third-order valence-electron chi connectivity index (χ3n) is 4.07. The summed E-state index contributed by atoms with van der Waals surface area (Å²) >= 11 is 0. The van der Waals surface area contributed by atoms with E-state index in [9.17, 15) is 9.59 Å². The Labute approximate surface area is 112 Å². The van der Waals surface area contributed by atoms with Crippen LogP contribution in [0.4, 0.5) is 0 Å². The minimum Gasteiger partial charge on any atom is -0.339 e. The zero-order valence-electron chi connectivity index (χ0n) is 11.0. The molecule has 0 radical (unpaired) electrons. The second-order valence-electron chi connectivity index (χ2n) is 5.61. The van der Waals surface area contributed by atoms with Crippen molar-refractivity contribution >= 4 is 11.8 Å². The van der Waals surface area contributed by atoms with Crippen molar-refractivity contribution in [3.05, 3.63) is 35.9 Å². The minimum atomic E-state index is -0.515. The summed E-state index contributed by atoms with van der Waals surface area (Å²) in [5.41, 5.74) is 0.859. The normalized spacial score (nSPS) is 30.8. The summed E-state index contributed by atoms with van der Waals surface area (Å²) in [5.74, 6) is 0.633. The molecule has 1 saturated heterocycles. The lowest BCUT2D eigenvalue weighted by Crippen LogP contribution is -2.59. The lowest BCUT2D eigenvalue weighted by atomic mass is 9.80. The van der Waals surface area contributed by atoms with E-state index in [1.807, 2.05) is 30.3 Å². The molecule has 0 spiro atoms. The zero-order valence-corrected chi connectivity index (χ0v) is 11.0. The lowest BCUT2D eigenvalue weighted by molar-refractivity contribution is -0.149. The maximum absolute atomic E-state index is 12.5. The highest BCUT2D eigenvalue weighted by Crippen LogP contribution is 2.33. The van der Waals surface area contributed by atoms with Crippen LogP contribution in [0.2, 0.25) is 0 Å². The fourth-order valence-corrected chi connectivity index (χ4v) is 2.96. The summed E-state index contributed by atoms with van der Waals surface area (Å²) in [7, 11) is 0. The molecule has 1 atom stereocenters. The average Bonchev–Trinajstić information content (AvgIpc) is 2.39. The predicted molar refractivity (Wildman–Crippen MR) is 71.2 cm³/mol. The van der Waals surface area contributed by atoms with E-state index in [0.29, 0.717) is 5.92 Å². The Morgan fingerprint density at radius 1 is 1.16 bits per heavy atom. The molecule has 0 bridgehead atoms. The fraction of sp³-hybridized carbons (Fsp3) is 0.467. The Bertz CT molecular complexity index is 494. The van der Waals surface area contributed by atoms with Crippen molar-refractivity contribution in [3.63, 3.8) is 0 Å². The van der Waals surface area contributed by atoms with Gasteiger partial charge in [-0.05, 0) is 24.3 Å². The molecule has 1 saturated carbocycles. The number of benzene rings is 1. The number of carbonyl (C=O) groups is 2. The second kappa shape index (κ2) is 4.68. The van der Waals surface area contributed by atoms with E-state index in [4.69, 9.17) is 0 Å². The average molecular weight is 258 g/mol. The lowest BCUT2D eigenvalue weighted by Gasteiger charge is -2.44. The van der Waals surface area contributed by atoms with Gasteiger partial charge >= 0.3 is 0 Å². The van der Waals surface area contributed by atoms with Gasteiger partial charge < -0.3 is 10.2 Å². The Hall–Kier alpha value is -1.84. The molecule has 1 aliphatic heterocycles. The molecule has 2 amide bonds. The fourth-order valence-electron chi connectivity index (χ4n) is 2.96. The van der Waals surface area contributed by atoms with Gasteiger partial charge in [-0.3, -0.25) is 9.59 Å². The van der Waals surface area contributed by atoms with Crippen LogP contribution in [0.5, 0.6) is 0 Å². The van der Waals surface area contributed by atoms with Crippen LogP contribution in [0.15, 0.2) is 30.3 Å². The summed E-state index contributed by atoms with van der Waals surface area (Å²) in [6.45, 7) is 2.39. The van der Waals surface area contributed by atoms with Crippen LogP contribution in [-0.2, 0) is 9.59 Å². The number of nitrogens with zero attached hydrogens (tertiary/aromatic N) is 1. The first kappa shape index (κ1) is 12.2. The smallest absolute Gasteiger partial charge is 0.250 e. The number of piperazine rings is 1. The molecule has 1 aliphatic carbocycles. The first-order valence-electron chi connectivity index (χ1n) is 6.80. The van der Waals surface area contributed by atoms with Gasteiger partial charge in [0, 0.05) is 6.04 Å². The summed E-state index contributed by atoms with van der Waals surface area (Å²) in [5, 5.41) is 2.80. The van der Waals surface area contributed by atoms with Crippen molar-refractivity contribution in [3.8, 4) is 0 Å². The number of hydrogen-bond acceptors (Lipinski definition) is 2. The first-order valence-corrected chi connectivity index (χ1v) is 6.80. The summed E-state index contributed by atoms with van der Waals surface area (Å²) in [6, 6.07) is 9.19. The molecule has 1 heterocycles. The van der Waals surface area contributed by atoms with Crippen molar-refractivity contribution in [1.29, 1.82) is 0 Å². The number of nitrogens with one attached hydrogen (secondary N) is 1. The number of hydrogen-bond donors (Lipinski definition) is 1. The summed E-state index contributed by atoms with van der Waals surface area (Å²) in [6.07, 6.45) is 2.03. The molecular formula is C15H18N2O2. The van der Waals surface area contributed by atoms with Gasteiger partial charge in [-0.25, -0.2) is 0 Å². The Morgan fingerprint density at radius 3 is 2.47 bits per heavy atom. The van der Waals surface area contributed by atoms with Crippen molar-refractivity contribution in [2.75, 3.05) is 6.54 Å². The quantitative estimate of drug-likeness (QED) is 0.873. The van der Waals surface area contributed by atoms with Crippen LogP contribution in [-0.4, -0.2) is 29.3 Å². The molecular weight excluding hydrogens is 240 g/mol. The van der Waals surface area contributed by atoms with Gasteiger partial charge in [-0.2, -0.15) is 0 Å². The van der Waals surface area contributed by atoms with E-state index in [0.717, 1.165) is 18.4 Å². The Balaban J connectivity index is 1.81. The topological polar surface area (TPSA) is 49.4 Å². The highest BCUT2D eigenvalue weighted by molar-refractivity contribution is 5.95. The Kier molecular flexibility index (Phi) is 3.01. The van der Waals surface area contributed by atoms with Crippen molar-refractivity contribution in [1.82, 2.24) is 10.2 Å². The maximum atomic E-state index is 12.5. The summed E-state index contributed by atoms with van der Waals surface area (Å²) in [4.78, 5) is 26.1. The van der Waals surface area contributed by atoms with E-state index in [1.54, 1.807) is 4.90 Å². The third-order valence-corrected chi connectivity index (χ3v) is 4.07. The van der Waals surface area contributed by atoms with Crippen LogP contribution in [0.1, 0.15) is 31.4 Å². The molecule has 2 aliphatic rings. The number of carbonyl (C=O) groups excluding carboxylic acids is 2. The van der Waals surface area contributed by atoms with E-state index >= 15 is 0 Å². The van der Waals surface area contributed by atoms with Gasteiger partial charge in [0.25, 0.3) is 5.91 Å². The van der Waals surface area contributed by atoms with Crippen molar-refractivity contribution in [2.24, 2.45) is 5.92 Å². The van der Waals surface area contributed by atoms with Crippen LogP contribution >= 0.6 is 0 Å². The second-order valence-corrected chi connectivity index (χ2v) is 5.61. The molecule has 1 aromatic carbocycles. The molecule has 1 N–H and O–H groups in total. The Morgan fingerprint density at radius 2 is 1.84 bits per heavy atom. The largest absolute Gasteiger partial charge is 0.339 e. The predicted octanol–water partition coefficient (Wildman–Crippen LogP) is 1.48. The first-order chi connectivity index (χ1) is 9.15. The molecule has 1 aromatic rings. The highest BCUT2D eigenvalue weighted by Gasteiger charge is 2.41. The molecule has 19 heavy (non-hydrogen) atoms. The number of rotatable bonds is 2. The van der Waals surface area contributed by atoms with E-state index in [-0.39, 0.29) is 24.4 Å². The van der Waals surface area contributed by atoms with Crippen molar-refractivity contribution < 1.29 is 9.59 Å². The molecule has 3 rings (SSSR count). The van der Waals surface area contributed by atoms with E-state index in [1.165, 1.54) is 0 Å².